The van der Waals surface area contributed by atoms with Gasteiger partial charge in [0.2, 0.25) is 0 Å². The highest BCUT2D eigenvalue weighted by Crippen LogP contribution is 2.12. The Bertz CT molecular complexity index is 712. The quantitative estimate of drug-likeness (QED) is 0.279. The lowest BCUT2D eigenvalue weighted by Gasteiger charge is -2.17. The summed E-state index contributed by atoms with van der Waals surface area (Å²) >= 11 is 0. The molecule has 0 aromatic rings. The highest BCUT2D eigenvalue weighted by atomic mass is 32.2. The number of hydrogen-bond donors (Lipinski definition) is 0. The van der Waals surface area contributed by atoms with E-state index in [0.717, 1.165) is 0 Å². The van der Waals surface area contributed by atoms with Gasteiger partial charge < -0.3 is 0 Å². The molecule has 1 atom stereocenters. The third kappa shape index (κ3) is 14.7. The smallest absolute Gasteiger partial charge is 0.267 e. The number of hydrogen-bond acceptors (Lipinski definition) is 9. The van der Waals surface area contributed by atoms with E-state index in [2.05, 4.69) is 0 Å². The predicted octanol–water partition coefficient (Wildman–Crippen LogP) is 2.18. The molecule has 0 aromatic heterocycles. The molecule has 0 aliphatic heterocycles. The molecule has 0 rings (SSSR count). The van der Waals surface area contributed by atoms with Gasteiger partial charge in [0.05, 0.1) is 30.5 Å². The maximum absolute atomic E-state index is 12.0. The maximum Gasteiger partial charge on any atom is 0.267 e. The molecule has 0 amide bonds. The molecule has 28 heavy (non-hydrogen) atoms. The van der Waals surface area contributed by atoms with Crippen LogP contribution in [0.3, 0.4) is 0 Å². The molecule has 0 spiro atoms. The molecular weight excluding hydrogens is 432 g/mol. The average molecular weight is 467 g/mol. The van der Waals surface area contributed by atoms with Gasteiger partial charge in [0, 0.05) is 6.42 Å². The molecule has 0 saturated carbocycles. The van der Waals surface area contributed by atoms with Crippen molar-refractivity contribution in [3.63, 3.8) is 0 Å². The highest BCUT2D eigenvalue weighted by Gasteiger charge is 2.23. The summed E-state index contributed by atoms with van der Waals surface area (Å²) in [5, 5.41) is 0. The van der Waals surface area contributed by atoms with E-state index in [4.69, 9.17) is 12.5 Å². The summed E-state index contributed by atoms with van der Waals surface area (Å²) < 4.78 is 85.9. The van der Waals surface area contributed by atoms with E-state index >= 15 is 0 Å². The van der Waals surface area contributed by atoms with E-state index in [1.807, 2.05) is 20.8 Å². The minimum absolute atomic E-state index is 0.133. The van der Waals surface area contributed by atoms with E-state index in [0.29, 0.717) is 38.5 Å². The summed E-state index contributed by atoms with van der Waals surface area (Å²) in [4.78, 5) is 0. The Morgan fingerprint density at radius 1 is 0.643 bits per heavy atom. The van der Waals surface area contributed by atoms with Crippen LogP contribution in [0.4, 0.5) is 0 Å². The summed E-state index contributed by atoms with van der Waals surface area (Å²) in [7, 11) is -11.4. The van der Waals surface area contributed by atoms with Crippen molar-refractivity contribution in [1.29, 1.82) is 0 Å². The van der Waals surface area contributed by atoms with Gasteiger partial charge in [-0.1, -0.05) is 40.0 Å². The first-order chi connectivity index (χ1) is 13.0. The molecular formula is C16H34O9S3. The summed E-state index contributed by atoms with van der Waals surface area (Å²) in [6.07, 6.45) is 1.97. The molecule has 0 saturated heterocycles. The zero-order valence-corrected chi connectivity index (χ0v) is 19.4. The summed E-state index contributed by atoms with van der Waals surface area (Å²) in [5.74, 6) is -0.523. The molecule has 0 N–H and O–H groups in total. The van der Waals surface area contributed by atoms with Crippen molar-refractivity contribution >= 4 is 30.4 Å². The molecule has 0 fully saturated rings. The molecule has 0 radical (unpaired) electrons. The molecule has 0 aliphatic rings. The van der Waals surface area contributed by atoms with Crippen molar-refractivity contribution in [2.75, 3.05) is 30.5 Å². The standard InChI is InChI=1S/C16H34O9S3/c1-4-7-12-26(17,18)23-11-10-16(25-28(21,22)14-9-6-3)15-24-27(19,20)13-8-5-2/h16H,4-15H2,1-3H3. The van der Waals surface area contributed by atoms with Crippen LogP contribution in [0, 0.1) is 0 Å². The topological polar surface area (TPSA) is 130 Å². The first-order valence-corrected chi connectivity index (χ1v) is 14.3. The highest BCUT2D eigenvalue weighted by molar-refractivity contribution is 7.87. The first kappa shape index (κ1) is 27.7. The van der Waals surface area contributed by atoms with Gasteiger partial charge in [-0.25, -0.2) is 0 Å². The van der Waals surface area contributed by atoms with Crippen LogP contribution in [-0.2, 0) is 42.9 Å². The van der Waals surface area contributed by atoms with E-state index < -0.39 is 43.1 Å². The van der Waals surface area contributed by atoms with Crippen molar-refractivity contribution < 1.29 is 37.8 Å². The van der Waals surface area contributed by atoms with Gasteiger partial charge in [-0.05, 0) is 19.3 Å². The van der Waals surface area contributed by atoms with Crippen molar-refractivity contribution in [3.8, 4) is 0 Å². The second kappa shape index (κ2) is 13.9. The molecule has 170 valence electrons. The summed E-state index contributed by atoms with van der Waals surface area (Å²) in [6, 6.07) is 0. The lowest BCUT2D eigenvalue weighted by atomic mass is 10.3. The predicted molar refractivity (Wildman–Crippen MR) is 107 cm³/mol. The lowest BCUT2D eigenvalue weighted by molar-refractivity contribution is 0.114. The van der Waals surface area contributed by atoms with Crippen LogP contribution in [-0.4, -0.2) is 61.8 Å². The van der Waals surface area contributed by atoms with Crippen LogP contribution >= 0.6 is 0 Å². The molecule has 0 bridgehead atoms. The Balaban J connectivity index is 4.89. The third-order valence-electron chi connectivity index (χ3n) is 3.66. The fraction of sp³-hybridized carbons (Fsp3) is 1.00. The Labute approximate surface area is 170 Å². The van der Waals surface area contributed by atoms with Crippen molar-refractivity contribution in [2.45, 2.75) is 71.8 Å². The van der Waals surface area contributed by atoms with Gasteiger partial charge >= 0.3 is 0 Å². The van der Waals surface area contributed by atoms with Gasteiger partial charge in [-0.3, -0.25) is 12.5 Å². The fourth-order valence-corrected chi connectivity index (χ4v) is 5.52. The first-order valence-electron chi connectivity index (χ1n) is 9.62. The van der Waals surface area contributed by atoms with Gasteiger partial charge in [-0.15, -0.1) is 0 Å². The average Bonchev–Trinajstić information content (AvgIpc) is 2.61. The summed E-state index contributed by atoms with van der Waals surface area (Å²) in [6.45, 7) is 4.66. The van der Waals surface area contributed by atoms with Crippen LogP contribution in [0.25, 0.3) is 0 Å². The van der Waals surface area contributed by atoms with Crippen LogP contribution in [0.1, 0.15) is 65.7 Å². The minimum atomic E-state index is -3.89. The Hall–Kier alpha value is -0.270. The molecule has 12 heteroatoms. The van der Waals surface area contributed by atoms with Crippen LogP contribution < -0.4 is 0 Å². The van der Waals surface area contributed by atoms with Gasteiger partial charge in [-0.2, -0.15) is 25.3 Å². The molecule has 0 aliphatic carbocycles. The third-order valence-corrected chi connectivity index (χ3v) is 7.61. The Morgan fingerprint density at radius 2 is 1.07 bits per heavy atom. The fourth-order valence-electron chi connectivity index (χ4n) is 1.98. The van der Waals surface area contributed by atoms with Crippen LogP contribution in [0.2, 0.25) is 0 Å². The van der Waals surface area contributed by atoms with Gasteiger partial charge in [0.25, 0.3) is 30.4 Å². The van der Waals surface area contributed by atoms with E-state index in [9.17, 15) is 25.3 Å². The summed E-state index contributed by atoms with van der Waals surface area (Å²) in [5.41, 5.74) is 0. The Morgan fingerprint density at radius 3 is 1.54 bits per heavy atom. The number of rotatable bonds is 18. The Kier molecular flexibility index (Phi) is 13.7. The molecule has 0 aromatic carbocycles. The van der Waals surface area contributed by atoms with Crippen molar-refractivity contribution in [1.82, 2.24) is 0 Å². The normalized spacial score (nSPS) is 14.2. The SMILES string of the molecule is CCCCS(=O)(=O)OCCC(COS(=O)(=O)CCCC)OS(=O)(=O)CCCC. The van der Waals surface area contributed by atoms with E-state index in [1.165, 1.54) is 0 Å². The van der Waals surface area contributed by atoms with Gasteiger partial charge in [0.1, 0.15) is 6.10 Å². The number of unbranched alkanes of at least 4 members (excludes halogenated alkanes) is 3. The monoisotopic (exact) mass is 466 g/mol. The maximum atomic E-state index is 12.0. The molecule has 0 heterocycles. The van der Waals surface area contributed by atoms with Gasteiger partial charge in [0.15, 0.2) is 0 Å². The molecule has 9 nitrogen and oxygen atoms in total. The second-order valence-electron chi connectivity index (χ2n) is 6.46. The lowest BCUT2D eigenvalue weighted by Crippen LogP contribution is -2.29. The van der Waals surface area contributed by atoms with Crippen molar-refractivity contribution in [2.24, 2.45) is 0 Å². The molecule has 1 unspecified atom stereocenters. The van der Waals surface area contributed by atoms with Crippen LogP contribution in [0.5, 0.6) is 0 Å². The van der Waals surface area contributed by atoms with Crippen molar-refractivity contribution in [3.05, 3.63) is 0 Å². The van der Waals surface area contributed by atoms with E-state index in [-0.39, 0.29) is 30.3 Å². The largest absolute Gasteiger partial charge is 0.270 e. The van der Waals surface area contributed by atoms with E-state index in [1.54, 1.807) is 0 Å². The second-order valence-corrected chi connectivity index (χ2v) is 11.7. The zero-order valence-electron chi connectivity index (χ0n) is 17.0. The minimum Gasteiger partial charge on any atom is -0.270 e. The van der Waals surface area contributed by atoms with Crippen LogP contribution in [0.15, 0.2) is 0 Å². The zero-order chi connectivity index (χ0) is 21.7.